The van der Waals surface area contributed by atoms with Gasteiger partial charge in [0.15, 0.2) is 0 Å². The van der Waals surface area contributed by atoms with Gasteiger partial charge in [-0.1, -0.05) is 13.8 Å². The first-order valence-corrected chi connectivity index (χ1v) is 8.28. The van der Waals surface area contributed by atoms with Gasteiger partial charge in [0.25, 0.3) is 5.91 Å². The zero-order valence-electron chi connectivity index (χ0n) is 15.0. The lowest BCUT2D eigenvalue weighted by atomic mass is 9.80. The van der Waals surface area contributed by atoms with Crippen LogP contribution in [-0.2, 0) is 4.79 Å². The van der Waals surface area contributed by atoms with Crippen LogP contribution in [0.25, 0.3) is 0 Å². The van der Waals surface area contributed by atoms with Crippen molar-refractivity contribution in [3.63, 3.8) is 0 Å². The summed E-state index contributed by atoms with van der Waals surface area (Å²) < 4.78 is 0. The van der Waals surface area contributed by atoms with Crippen LogP contribution in [-0.4, -0.2) is 61.4 Å². The normalized spacial score (nSPS) is 20.5. The molecule has 1 unspecified atom stereocenters. The fraction of sp³-hybridized carbons (Fsp3) is 0.556. The maximum absolute atomic E-state index is 12.2. The SMILES string of the molecule is CN(C)C(=O)c1ccc(NC(=O)CN2CCC(N)C(C)(C)C2)cc1. The van der Waals surface area contributed by atoms with Crippen molar-refractivity contribution in [3.05, 3.63) is 29.8 Å². The summed E-state index contributed by atoms with van der Waals surface area (Å²) in [6.07, 6.45) is 0.904. The number of hydrogen-bond acceptors (Lipinski definition) is 4. The number of nitrogens with zero attached hydrogens (tertiary/aromatic N) is 2. The maximum Gasteiger partial charge on any atom is 0.253 e. The van der Waals surface area contributed by atoms with E-state index in [-0.39, 0.29) is 23.3 Å². The minimum absolute atomic E-state index is 0.0206. The minimum atomic E-state index is -0.0558. The minimum Gasteiger partial charge on any atom is -0.345 e. The van der Waals surface area contributed by atoms with Crippen LogP contribution < -0.4 is 11.1 Å². The summed E-state index contributed by atoms with van der Waals surface area (Å²) in [5.41, 5.74) is 7.45. The Morgan fingerprint density at radius 1 is 1.29 bits per heavy atom. The molecule has 1 aromatic rings. The van der Waals surface area contributed by atoms with Crippen molar-refractivity contribution in [1.29, 1.82) is 0 Å². The molecule has 0 radical (unpaired) electrons. The monoisotopic (exact) mass is 332 g/mol. The zero-order chi connectivity index (χ0) is 17.9. The zero-order valence-corrected chi connectivity index (χ0v) is 15.0. The first kappa shape index (κ1) is 18.4. The summed E-state index contributed by atoms with van der Waals surface area (Å²) in [5, 5.41) is 2.89. The van der Waals surface area contributed by atoms with Crippen LogP contribution in [0.1, 0.15) is 30.6 Å². The summed E-state index contributed by atoms with van der Waals surface area (Å²) in [5.74, 6) is -0.104. The molecular formula is C18H28N4O2. The molecule has 1 fully saturated rings. The quantitative estimate of drug-likeness (QED) is 0.873. The number of nitrogens with one attached hydrogen (secondary N) is 1. The molecule has 132 valence electrons. The van der Waals surface area contributed by atoms with Gasteiger partial charge in [-0.25, -0.2) is 0 Å². The highest BCUT2D eigenvalue weighted by atomic mass is 16.2. The summed E-state index contributed by atoms with van der Waals surface area (Å²) in [6.45, 7) is 6.30. The van der Waals surface area contributed by atoms with Crippen molar-refractivity contribution >= 4 is 17.5 Å². The Morgan fingerprint density at radius 3 is 2.46 bits per heavy atom. The van der Waals surface area contributed by atoms with Crippen LogP contribution in [0.4, 0.5) is 5.69 Å². The highest BCUT2D eigenvalue weighted by molar-refractivity contribution is 5.96. The van der Waals surface area contributed by atoms with Gasteiger partial charge in [-0.05, 0) is 36.1 Å². The number of rotatable bonds is 4. The van der Waals surface area contributed by atoms with E-state index in [2.05, 4.69) is 24.1 Å². The number of carbonyl (C=O) groups excluding carboxylic acids is 2. The summed E-state index contributed by atoms with van der Waals surface area (Å²) in [7, 11) is 3.42. The number of carbonyl (C=O) groups is 2. The van der Waals surface area contributed by atoms with Crippen molar-refractivity contribution in [1.82, 2.24) is 9.80 Å². The molecular weight excluding hydrogens is 304 g/mol. The second kappa shape index (κ2) is 7.32. The van der Waals surface area contributed by atoms with Gasteiger partial charge in [-0.3, -0.25) is 14.5 Å². The number of benzene rings is 1. The fourth-order valence-electron chi connectivity index (χ4n) is 2.98. The number of anilines is 1. The third-order valence-corrected chi connectivity index (χ3v) is 4.58. The van der Waals surface area contributed by atoms with E-state index >= 15 is 0 Å². The molecule has 6 heteroatoms. The molecule has 0 aromatic heterocycles. The summed E-state index contributed by atoms with van der Waals surface area (Å²) >= 11 is 0. The summed E-state index contributed by atoms with van der Waals surface area (Å²) in [4.78, 5) is 27.8. The topological polar surface area (TPSA) is 78.7 Å². The van der Waals surface area contributed by atoms with Gasteiger partial charge in [0.1, 0.15) is 0 Å². The van der Waals surface area contributed by atoms with Crippen molar-refractivity contribution < 1.29 is 9.59 Å². The van der Waals surface area contributed by atoms with E-state index in [1.54, 1.807) is 38.4 Å². The molecule has 24 heavy (non-hydrogen) atoms. The average molecular weight is 332 g/mol. The van der Waals surface area contributed by atoms with Gasteiger partial charge in [0.2, 0.25) is 5.91 Å². The highest BCUT2D eigenvalue weighted by Gasteiger charge is 2.33. The lowest BCUT2D eigenvalue weighted by molar-refractivity contribution is -0.118. The van der Waals surface area contributed by atoms with Crippen LogP contribution in [0.3, 0.4) is 0 Å². The molecule has 1 aliphatic rings. The summed E-state index contributed by atoms with van der Waals surface area (Å²) in [6, 6.07) is 7.13. The molecule has 2 rings (SSSR count). The van der Waals surface area contributed by atoms with E-state index in [0.717, 1.165) is 19.5 Å². The first-order valence-electron chi connectivity index (χ1n) is 8.28. The van der Waals surface area contributed by atoms with Gasteiger partial charge in [-0.2, -0.15) is 0 Å². The Balaban J connectivity index is 1.90. The molecule has 6 nitrogen and oxygen atoms in total. The van der Waals surface area contributed by atoms with Gasteiger partial charge < -0.3 is 16.0 Å². The third kappa shape index (κ3) is 4.55. The molecule has 2 amide bonds. The molecule has 1 heterocycles. The van der Waals surface area contributed by atoms with Crippen LogP contribution in [0.15, 0.2) is 24.3 Å². The number of hydrogen-bond donors (Lipinski definition) is 2. The molecule has 1 atom stereocenters. The molecule has 0 aliphatic carbocycles. The fourth-order valence-corrected chi connectivity index (χ4v) is 2.98. The van der Waals surface area contributed by atoms with E-state index in [1.165, 1.54) is 4.90 Å². The predicted octanol–water partition coefficient (Wildman–Crippen LogP) is 1.39. The van der Waals surface area contributed by atoms with E-state index in [0.29, 0.717) is 17.8 Å². The molecule has 3 N–H and O–H groups in total. The Kier molecular flexibility index (Phi) is 5.62. The van der Waals surface area contributed by atoms with Crippen LogP contribution >= 0.6 is 0 Å². The number of piperidine rings is 1. The van der Waals surface area contributed by atoms with E-state index in [1.807, 2.05) is 0 Å². The van der Waals surface area contributed by atoms with Crippen LogP contribution in [0, 0.1) is 5.41 Å². The molecule has 1 aromatic carbocycles. The van der Waals surface area contributed by atoms with Gasteiger partial charge in [0, 0.05) is 44.5 Å². The first-order chi connectivity index (χ1) is 11.2. The van der Waals surface area contributed by atoms with Gasteiger partial charge in [-0.15, -0.1) is 0 Å². The largest absolute Gasteiger partial charge is 0.345 e. The molecule has 1 saturated heterocycles. The lowest BCUT2D eigenvalue weighted by Crippen LogP contribution is -2.53. The van der Waals surface area contributed by atoms with E-state index in [4.69, 9.17) is 5.73 Å². The second-order valence-corrected chi connectivity index (χ2v) is 7.42. The lowest BCUT2D eigenvalue weighted by Gasteiger charge is -2.42. The van der Waals surface area contributed by atoms with Crippen molar-refractivity contribution in [3.8, 4) is 0 Å². The molecule has 0 bridgehead atoms. The Bertz CT molecular complexity index is 596. The Morgan fingerprint density at radius 2 is 1.92 bits per heavy atom. The maximum atomic E-state index is 12.2. The number of amides is 2. The number of likely N-dealkylation sites (tertiary alicyclic amines) is 1. The number of nitrogens with two attached hydrogens (primary N) is 1. The molecule has 0 spiro atoms. The molecule has 0 saturated carbocycles. The predicted molar refractivity (Wildman–Crippen MR) is 95.9 cm³/mol. The van der Waals surface area contributed by atoms with Crippen molar-refractivity contribution in [2.24, 2.45) is 11.1 Å². The highest BCUT2D eigenvalue weighted by Crippen LogP contribution is 2.27. The van der Waals surface area contributed by atoms with E-state index < -0.39 is 0 Å². The van der Waals surface area contributed by atoms with Crippen molar-refractivity contribution in [2.75, 3.05) is 39.0 Å². The van der Waals surface area contributed by atoms with Gasteiger partial charge >= 0.3 is 0 Å². The third-order valence-electron chi connectivity index (χ3n) is 4.58. The standard InChI is InChI=1S/C18H28N4O2/c1-18(2)12-22(10-9-15(18)19)11-16(23)20-14-7-5-13(6-8-14)17(24)21(3)4/h5-8,15H,9-12,19H2,1-4H3,(H,20,23). The average Bonchev–Trinajstić information content (AvgIpc) is 2.50. The van der Waals surface area contributed by atoms with Crippen LogP contribution in [0.2, 0.25) is 0 Å². The smallest absolute Gasteiger partial charge is 0.253 e. The van der Waals surface area contributed by atoms with Crippen molar-refractivity contribution in [2.45, 2.75) is 26.3 Å². The van der Waals surface area contributed by atoms with Crippen LogP contribution in [0.5, 0.6) is 0 Å². The molecule has 1 aliphatic heterocycles. The Hall–Kier alpha value is -1.92. The second-order valence-electron chi connectivity index (χ2n) is 7.42. The van der Waals surface area contributed by atoms with E-state index in [9.17, 15) is 9.59 Å². The van der Waals surface area contributed by atoms with Gasteiger partial charge in [0.05, 0.1) is 6.54 Å². The Labute approximate surface area is 144 Å².